The molecule has 1 heterocycles. The van der Waals surface area contributed by atoms with Crippen molar-refractivity contribution in [2.24, 2.45) is 0 Å². The van der Waals surface area contributed by atoms with Gasteiger partial charge in [0.2, 0.25) is 0 Å². The average Bonchev–Trinajstić information content (AvgIpc) is 2.62. The third kappa shape index (κ3) is 4.98. The Morgan fingerprint density at radius 2 is 1.79 bits per heavy atom. The van der Waals surface area contributed by atoms with Crippen LogP contribution >= 0.6 is 0 Å². The predicted octanol–water partition coefficient (Wildman–Crippen LogP) is 1.71. The zero-order valence-corrected chi connectivity index (χ0v) is 13.5. The second-order valence-corrected chi connectivity index (χ2v) is 4.82. The molecular weight excluding hydrogens is 310 g/mol. The topological polar surface area (TPSA) is 89.5 Å². The highest BCUT2D eigenvalue weighted by atomic mass is 16.5. The largest absolute Gasteiger partial charge is 0.494 e. The summed E-state index contributed by atoms with van der Waals surface area (Å²) in [6, 6.07) is 11.9. The molecule has 2 N–H and O–H groups in total. The first-order valence-electron chi connectivity index (χ1n) is 7.51. The second kappa shape index (κ2) is 8.52. The fourth-order valence-electron chi connectivity index (χ4n) is 1.82. The number of benzene rings is 1. The first kappa shape index (κ1) is 17.3. The minimum Gasteiger partial charge on any atom is -0.494 e. The lowest BCUT2D eigenvalue weighted by Gasteiger charge is -2.15. The molecule has 0 aliphatic carbocycles. The third-order valence-corrected chi connectivity index (χ3v) is 3.01. The summed E-state index contributed by atoms with van der Waals surface area (Å²) in [5.41, 5.74) is 4.80. The van der Waals surface area contributed by atoms with Gasteiger partial charge < -0.3 is 9.47 Å². The number of nitrogens with zero attached hydrogens (tertiary/aromatic N) is 1. The summed E-state index contributed by atoms with van der Waals surface area (Å²) < 4.78 is 10.8. The highest BCUT2D eigenvalue weighted by Gasteiger charge is 2.16. The fraction of sp³-hybridized carbons (Fsp3) is 0.235. The molecule has 126 valence electrons. The number of nitrogens with one attached hydrogen (secondary N) is 2. The van der Waals surface area contributed by atoms with Gasteiger partial charge >= 0.3 is 0 Å². The second-order valence-electron chi connectivity index (χ2n) is 4.82. The summed E-state index contributed by atoms with van der Waals surface area (Å²) in [4.78, 5) is 27.6. The van der Waals surface area contributed by atoms with Crippen LogP contribution in [0.1, 0.15) is 24.3 Å². The van der Waals surface area contributed by atoms with Crippen molar-refractivity contribution in [2.45, 2.75) is 20.0 Å². The maximum Gasteiger partial charge on any atom is 0.288 e. The number of hydrogen-bond donors (Lipinski definition) is 2. The van der Waals surface area contributed by atoms with Gasteiger partial charge in [-0.05, 0) is 50.2 Å². The van der Waals surface area contributed by atoms with Crippen molar-refractivity contribution < 1.29 is 19.1 Å². The van der Waals surface area contributed by atoms with E-state index in [9.17, 15) is 9.59 Å². The van der Waals surface area contributed by atoms with Gasteiger partial charge in [0.05, 0.1) is 6.61 Å². The molecule has 2 aromatic rings. The van der Waals surface area contributed by atoms with Crippen LogP contribution in [0.2, 0.25) is 0 Å². The summed E-state index contributed by atoms with van der Waals surface area (Å²) in [6.45, 7) is 4.06. The van der Waals surface area contributed by atoms with E-state index in [-0.39, 0.29) is 5.69 Å². The molecule has 0 bridgehead atoms. The predicted molar refractivity (Wildman–Crippen MR) is 87.5 cm³/mol. The molecule has 2 amide bonds. The zero-order valence-electron chi connectivity index (χ0n) is 13.5. The highest BCUT2D eigenvalue weighted by Crippen LogP contribution is 2.18. The molecule has 2 rings (SSSR count). The van der Waals surface area contributed by atoms with Crippen LogP contribution in [0.5, 0.6) is 11.5 Å². The Hall–Kier alpha value is -3.09. The van der Waals surface area contributed by atoms with E-state index in [2.05, 4.69) is 15.8 Å². The number of carbonyl (C=O) groups excluding carboxylic acids is 2. The smallest absolute Gasteiger partial charge is 0.288 e. The monoisotopic (exact) mass is 329 g/mol. The Kier molecular flexibility index (Phi) is 6.13. The summed E-state index contributed by atoms with van der Waals surface area (Å²) in [5, 5.41) is 0. The SMILES string of the molecule is CCOc1ccc(O[C@@H](C)C(=O)NNC(=O)c2ccccn2)cc1. The number of pyridine rings is 1. The van der Waals surface area contributed by atoms with Gasteiger partial charge in [-0.25, -0.2) is 0 Å². The van der Waals surface area contributed by atoms with E-state index >= 15 is 0 Å². The molecule has 0 aliphatic heterocycles. The van der Waals surface area contributed by atoms with Gasteiger partial charge in [-0.15, -0.1) is 0 Å². The van der Waals surface area contributed by atoms with Crippen molar-refractivity contribution in [3.63, 3.8) is 0 Å². The van der Waals surface area contributed by atoms with Gasteiger partial charge in [0.25, 0.3) is 11.8 Å². The van der Waals surface area contributed by atoms with Gasteiger partial charge in [-0.1, -0.05) is 6.07 Å². The van der Waals surface area contributed by atoms with Crippen LogP contribution in [0.3, 0.4) is 0 Å². The third-order valence-electron chi connectivity index (χ3n) is 3.01. The summed E-state index contributed by atoms with van der Waals surface area (Å²) in [6.07, 6.45) is 0.709. The number of hydrogen-bond acceptors (Lipinski definition) is 5. The first-order chi connectivity index (χ1) is 11.6. The summed E-state index contributed by atoms with van der Waals surface area (Å²) in [5.74, 6) is 0.270. The highest BCUT2D eigenvalue weighted by molar-refractivity contribution is 5.94. The van der Waals surface area contributed by atoms with Crippen LogP contribution in [-0.2, 0) is 4.79 Å². The van der Waals surface area contributed by atoms with Crippen molar-refractivity contribution >= 4 is 11.8 Å². The maximum atomic E-state index is 12.0. The van der Waals surface area contributed by atoms with Crippen molar-refractivity contribution in [2.75, 3.05) is 6.61 Å². The van der Waals surface area contributed by atoms with E-state index in [1.54, 1.807) is 49.4 Å². The normalized spacial score (nSPS) is 11.2. The van der Waals surface area contributed by atoms with E-state index in [1.807, 2.05) is 6.92 Å². The van der Waals surface area contributed by atoms with Crippen molar-refractivity contribution in [3.05, 3.63) is 54.4 Å². The molecule has 0 radical (unpaired) electrons. The summed E-state index contributed by atoms with van der Waals surface area (Å²) >= 11 is 0. The molecule has 7 nitrogen and oxygen atoms in total. The molecule has 0 unspecified atom stereocenters. The van der Waals surface area contributed by atoms with E-state index in [4.69, 9.17) is 9.47 Å². The molecule has 1 aromatic carbocycles. The van der Waals surface area contributed by atoms with Crippen LogP contribution in [0, 0.1) is 0 Å². The molecular formula is C17H19N3O4. The van der Waals surface area contributed by atoms with Gasteiger partial charge in [-0.3, -0.25) is 25.4 Å². The number of carbonyl (C=O) groups is 2. The average molecular weight is 329 g/mol. The maximum absolute atomic E-state index is 12.0. The van der Waals surface area contributed by atoms with Gasteiger partial charge in [0.15, 0.2) is 6.10 Å². The molecule has 1 aromatic heterocycles. The van der Waals surface area contributed by atoms with E-state index in [1.165, 1.54) is 6.20 Å². The summed E-state index contributed by atoms with van der Waals surface area (Å²) in [7, 11) is 0. The molecule has 0 aliphatic rings. The van der Waals surface area contributed by atoms with E-state index in [0.717, 1.165) is 5.75 Å². The van der Waals surface area contributed by atoms with Crippen LogP contribution < -0.4 is 20.3 Å². The van der Waals surface area contributed by atoms with Crippen molar-refractivity contribution in [1.29, 1.82) is 0 Å². The zero-order chi connectivity index (χ0) is 17.4. The van der Waals surface area contributed by atoms with Crippen LogP contribution in [0.25, 0.3) is 0 Å². The molecule has 0 saturated heterocycles. The lowest BCUT2D eigenvalue weighted by atomic mass is 10.3. The molecule has 0 spiro atoms. The standard InChI is InChI=1S/C17H19N3O4/c1-3-23-13-7-9-14(10-8-13)24-12(2)16(21)19-20-17(22)15-6-4-5-11-18-15/h4-12H,3H2,1-2H3,(H,19,21)(H,20,22)/t12-/m0/s1. The molecule has 1 atom stereocenters. The Morgan fingerprint density at radius 3 is 2.42 bits per heavy atom. The van der Waals surface area contributed by atoms with Crippen LogP contribution in [0.15, 0.2) is 48.7 Å². The number of ether oxygens (including phenoxy) is 2. The Bertz CT molecular complexity index is 674. The van der Waals surface area contributed by atoms with Crippen molar-refractivity contribution in [1.82, 2.24) is 15.8 Å². The van der Waals surface area contributed by atoms with E-state index in [0.29, 0.717) is 12.4 Å². The number of aromatic nitrogens is 1. The van der Waals surface area contributed by atoms with Crippen molar-refractivity contribution in [3.8, 4) is 11.5 Å². The van der Waals surface area contributed by atoms with Gasteiger partial charge in [-0.2, -0.15) is 0 Å². The van der Waals surface area contributed by atoms with Gasteiger partial charge in [0.1, 0.15) is 17.2 Å². The molecule has 0 saturated carbocycles. The van der Waals surface area contributed by atoms with Crippen LogP contribution in [-0.4, -0.2) is 29.5 Å². The Balaban J connectivity index is 1.82. The number of amides is 2. The van der Waals surface area contributed by atoms with Crippen LogP contribution in [0.4, 0.5) is 0 Å². The quantitative estimate of drug-likeness (QED) is 0.788. The molecule has 0 fully saturated rings. The fourth-order valence-corrected chi connectivity index (χ4v) is 1.82. The van der Waals surface area contributed by atoms with E-state index < -0.39 is 17.9 Å². The number of rotatable bonds is 6. The Morgan fingerprint density at radius 1 is 1.08 bits per heavy atom. The minimum absolute atomic E-state index is 0.206. The van der Waals surface area contributed by atoms with Gasteiger partial charge in [0, 0.05) is 6.20 Å². The minimum atomic E-state index is -0.785. The molecule has 24 heavy (non-hydrogen) atoms. The first-order valence-corrected chi connectivity index (χ1v) is 7.51. The Labute approximate surface area is 140 Å². The lowest BCUT2D eigenvalue weighted by molar-refractivity contribution is -0.128. The number of hydrazine groups is 1. The molecule has 7 heteroatoms. The lowest BCUT2D eigenvalue weighted by Crippen LogP contribution is -2.47.